The van der Waals surface area contributed by atoms with Crippen LogP contribution in [0.25, 0.3) is 0 Å². The predicted molar refractivity (Wildman–Crippen MR) is 69.3 cm³/mol. The van der Waals surface area contributed by atoms with E-state index in [9.17, 15) is 4.79 Å². The second-order valence-corrected chi connectivity index (χ2v) is 5.32. The van der Waals surface area contributed by atoms with Crippen molar-refractivity contribution in [3.63, 3.8) is 0 Å². The molecule has 1 aliphatic heterocycles. The first-order valence-electron chi connectivity index (χ1n) is 6.81. The van der Waals surface area contributed by atoms with Gasteiger partial charge in [0, 0.05) is 5.56 Å². The van der Waals surface area contributed by atoms with Crippen LogP contribution < -0.4 is 10.1 Å². The number of ether oxygens (including phenoxy) is 1. The molecule has 1 aromatic rings. The van der Waals surface area contributed by atoms with Crippen molar-refractivity contribution in [2.24, 2.45) is 11.8 Å². The maximum atomic E-state index is 10.9. The number of para-hydroxylation sites is 1. The number of hydrogen-bond donors (Lipinski definition) is 1. The van der Waals surface area contributed by atoms with E-state index in [2.05, 4.69) is 11.4 Å². The molecule has 0 saturated heterocycles. The number of nitrogens with one attached hydrogen (secondary N) is 1. The van der Waals surface area contributed by atoms with Crippen molar-refractivity contribution in [2.75, 3.05) is 6.61 Å². The lowest BCUT2D eigenvalue weighted by Gasteiger charge is -2.34. The highest BCUT2D eigenvalue weighted by atomic mass is 16.5. The summed E-state index contributed by atoms with van der Waals surface area (Å²) in [5, 5.41) is 3.02. The van der Waals surface area contributed by atoms with Crippen LogP contribution in [0, 0.1) is 11.8 Å². The van der Waals surface area contributed by atoms with Crippen molar-refractivity contribution < 1.29 is 9.53 Å². The molecule has 96 valence electrons. The monoisotopic (exact) mass is 245 g/mol. The third kappa shape index (κ3) is 1.98. The lowest BCUT2D eigenvalue weighted by atomic mass is 9.74. The minimum absolute atomic E-state index is 0.117. The van der Waals surface area contributed by atoms with Gasteiger partial charge in [-0.15, -0.1) is 0 Å². The molecular formula is C15H19NO2. The molecule has 0 aromatic heterocycles. The van der Waals surface area contributed by atoms with Gasteiger partial charge in [0.05, 0.1) is 12.6 Å². The lowest BCUT2D eigenvalue weighted by Crippen LogP contribution is -2.34. The number of amides is 1. The molecule has 0 unspecified atom stereocenters. The van der Waals surface area contributed by atoms with Gasteiger partial charge < -0.3 is 10.1 Å². The second-order valence-electron chi connectivity index (χ2n) is 5.32. The zero-order valence-electron chi connectivity index (χ0n) is 10.5. The van der Waals surface area contributed by atoms with E-state index in [0.717, 1.165) is 24.3 Å². The van der Waals surface area contributed by atoms with E-state index in [1.165, 1.54) is 25.7 Å². The number of carbonyl (C=O) groups is 1. The van der Waals surface area contributed by atoms with Crippen LogP contribution in [0.3, 0.4) is 0 Å². The van der Waals surface area contributed by atoms with Crippen LogP contribution in [0.5, 0.6) is 5.75 Å². The molecule has 3 rings (SSSR count). The highest BCUT2D eigenvalue weighted by Gasteiger charge is 2.36. The molecule has 3 atom stereocenters. The molecule has 1 aliphatic carbocycles. The summed E-state index contributed by atoms with van der Waals surface area (Å²) in [4.78, 5) is 10.9. The summed E-state index contributed by atoms with van der Waals surface area (Å²) < 4.78 is 5.94. The molecule has 1 amide bonds. The van der Waals surface area contributed by atoms with E-state index in [1.807, 2.05) is 18.2 Å². The third-order valence-electron chi connectivity index (χ3n) is 4.35. The van der Waals surface area contributed by atoms with E-state index in [1.54, 1.807) is 0 Å². The number of fused-ring (bicyclic) bond motifs is 2. The van der Waals surface area contributed by atoms with Crippen LogP contribution in [0.2, 0.25) is 0 Å². The smallest absolute Gasteiger partial charge is 0.207 e. The fourth-order valence-electron chi connectivity index (χ4n) is 3.47. The molecule has 1 fully saturated rings. The summed E-state index contributed by atoms with van der Waals surface area (Å²) in [6.07, 6.45) is 5.79. The molecule has 3 heteroatoms. The summed E-state index contributed by atoms with van der Waals surface area (Å²) in [5.41, 5.74) is 1.14. The molecule has 2 aliphatic rings. The van der Waals surface area contributed by atoms with Crippen LogP contribution in [0.15, 0.2) is 24.3 Å². The van der Waals surface area contributed by atoms with Crippen molar-refractivity contribution in [3.8, 4) is 5.75 Å². The standard InChI is InChI=1S/C15H19NO2/c17-10-16-15-12-6-2-1-5-11(12)9-18-14-8-4-3-7-13(14)15/h3-4,7-8,10-12,15H,1-2,5-6,9H2,(H,16,17)/t11-,12-,15+/m0/s1. The normalized spacial score (nSPS) is 30.3. The molecule has 1 heterocycles. The highest BCUT2D eigenvalue weighted by Crippen LogP contribution is 2.43. The maximum absolute atomic E-state index is 10.9. The largest absolute Gasteiger partial charge is 0.493 e. The van der Waals surface area contributed by atoms with Gasteiger partial charge in [-0.25, -0.2) is 0 Å². The molecule has 0 spiro atoms. The minimum atomic E-state index is 0.117. The lowest BCUT2D eigenvalue weighted by molar-refractivity contribution is -0.110. The highest BCUT2D eigenvalue weighted by molar-refractivity contribution is 5.50. The molecule has 1 saturated carbocycles. The Labute approximate surface area is 108 Å². The number of benzene rings is 1. The second kappa shape index (κ2) is 5.01. The van der Waals surface area contributed by atoms with Crippen molar-refractivity contribution in [1.29, 1.82) is 0 Å². The first-order valence-corrected chi connectivity index (χ1v) is 6.81. The van der Waals surface area contributed by atoms with Gasteiger partial charge in [-0.3, -0.25) is 4.79 Å². The Morgan fingerprint density at radius 1 is 1.22 bits per heavy atom. The Balaban J connectivity index is 1.98. The van der Waals surface area contributed by atoms with Crippen LogP contribution in [0.4, 0.5) is 0 Å². The summed E-state index contributed by atoms with van der Waals surface area (Å²) in [6.45, 7) is 0.790. The Hall–Kier alpha value is -1.51. The van der Waals surface area contributed by atoms with Crippen molar-refractivity contribution >= 4 is 6.41 Å². The molecule has 0 bridgehead atoms. The average Bonchev–Trinajstić information content (AvgIpc) is 2.58. The van der Waals surface area contributed by atoms with Crippen molar-refractivity contribution in [3.05, 3.63) is 29.8 Å². The summed E-state index contributed by atoms with van der Waals surface area (Å²) in [7, 11) is 0. The first-order chi connectivity index (χ1) is 8.90. The average molecular weight is 245 g/mol. The van der Waals surface area contributed by atoms with Gasteiger partial charge in [-0.2, -0.15) is 0 Å². The van der Waals surface area contributed by atoms with Crippen molar-refractivity contribution in [1.82, 2.24) is 5.32 Å². The van der Waals surface area contributed by atoms with Gasteiger partial charge in [-0.1, -0.05) is 31.0 Å². The van der Waals surface area contributed by atoms with Gasteiger partial charge in [0.15, 0.2) is 0 Å². The zero-order valence-corrected chi connectivity index (χ0v) is 10.5. The fraction of sp³-hybridized carbons (Fsp3) is 0.533. The third-order valence-corrected chi connectivity index (χ3v) is 4.35. The molecule has 3 nitrogen and oxygen atoms in total. The number of carbonyl (C=O) groups excluding carboxylic acids is 1. The maximum Gasteiger partial charge on any atom is 0.207 e. The topological polar surface area (TPSA) is 38.3 Å². The van der Waals surface area contributed by atoms with E-state index >= 15 is 0 Å². The van der Waals surface area contributed by atoms with Crippen LogP contribution in [0.1, 0.15) is 37.3 Å². The van der Waals surface area contributed by atoms with Crippen LogP contribution >= 0.6 is 0 Å². The van der Waals surface area contributed by atoms with Gasteiger partial charge >= 0.3 is 0 Å². The van der Waals surface area contributed by atoms with Crippen LogP contribution in [-0.2, 0) is 4.79 Å². The minimum Gasteiger partial charge on any atom is -0.493 e. The molecule has 1 aromatic carbocycles. The Kier molecular flexibility index (Phi) is 3.22. The van der Waals surface area contributed by atoms with Crippen LogP contribution in [-0.4, -0.2) is 13.0 Å². The molecule has 18 heavy (non-hydrogen) atoms. The molecule has 0 radical (unpaired) electrons. The van der Waals surface area contributed by atoms with E-state index in [4.69, 9.17) is 4.74 Å². The number of rotatable bonds is 2. The van der Waals surface area contributed by atoms with E-state index in [0.29, 0.717) is 11.8 Å². The first kappa shape index (κ1) is 11.6. The number of hydrogen-bond acceptors (Lipinski definition) is 2. The van der Waals surface area contributed by atoms with E-state index in [-0.39, 0.29) is 6.04 Å². The molecular weight excluding hydrogens is 226 g/mol. The Morgan fingerprint density at radius 2 is 2.06 bits per heavy atom. The predicted octanol–water partition coefficient (Wildman–Crippen LogP) is 2.67. The summed E-state index contributed by atoms with van der Waals surface area (Å²) in [5.74, 6) is 2.03. The fourth-order valence-corrected chi connectivity index (χ4v) is 3.47. The van der Waals surface area contributed by atoms with Gasteiger partial charge in [0.25, 0.3) is 0 Å². The Bertz CT molecular complexity index is 432. The van der Waals surface area contributed by atoms with E-state index < -0.39 is 0 Å². The van der Waals surface area contributed by atoms with Gasteiger partial charge in [0.2, 0.25) is 6.41 Å². The summed E-state index contributed by atoms with van der Waals surface area (Å²) in [6, 6.07) is 8.21. The SMILES string of the molecule is O=CN[C@H]1c2ccccc2OC[C@@H]2CCCC[C@@H]21. The summed E-state index contributed by atoms with van der Waals surface area (Å²) >= 11 is 0. The van der Waals surface area contributed by atoms with Gasteiger partial charge in [0.1, 0.15) is 5.75 Å². The van der Waals surface area contributed by atoms with Crippen molar-refractivity contribution in [2.45, 2.75) is 31.7 Å². The Morgan fingerprint density at radius 3 is 2.94 bits per heavy atom. The van der Waals surface area contributed by atoms with Gasteiger partial charge in [-0.05, 0) is 30.7 Å². The molecule has 1 N–H and O–H groups in total. The zero-order chi connectivity index (χ0) is 12.4. The quantitative estimate of drug-likeness (QED) is 0.813.